The molecule has 3 heterocycles. The van der Waals surface area contributed by atoms with E-state index in [0.29, 0.717) is 32.5 Å². The van der Waals surface area contributed by atoms with Crippen molar-refractivity contribution >= 4 is 5.91 Å². The first-order chi connectivity index (χ1) is 11.4. The number of halogens is 3. The quantitative estimate of drug-likeness (QED) is 0.845. The van der Waals surface area contributed by atoms with Crippen LogP contribution in [0.5, 0.6) is 0 Å². The summed E-state index contributed by atoms with van der Waals surface area (Å²) in [6.45, 7) is 1.18. The molecule has 2 fully saturated rings. The normalized spacial score (nSPS) is 24.3. The minimum Gasteiger partial charge on any atom is -0.340 e. The van der Waals surface area contributed by atoms with Gasteiger partial charge in [-0.05, 0) is 44.8 Å². The molecule has 3 rings (SSSR count). The Morgan fingerprint density at radius 1 is 1.17 bits per heavy atom. The molecule has 0 radical (unpaired) electrons. The summed E-state index contributed by atoms with van der Waals surface area (Å²) in [6.07, 6.45) is 2.43. The van der Waals surface area contributed by atoms with E-state index in [1.54, 1.807) is 6.20 Å². The second-order valence-corrected chi connectivity index (χ2v) is 6.73. The first-order valence-electron chi connectivity index (χ1n) is 8.49. The number of carbonyl (C=O) groups is 1. The maximum atomic E-state index is 12.7. The standard InChI is InChI=1S/C16H23F3N4O/c17-16(18,19)12-21-9-4-13(5-10-21)15(24)22-7-1-3-14(11-22)23-8-2-6-20-23/h2,6,8,13-14H,1,3-5,7,9-12H2/t14-/m1/s1. The van der Waals surface area contributed by atoms with Crippen LogP contribution in [0, 0.1) is 5.92 Å². The third kappa shape index (κ3) is 4.28. The van der Waals surface area contributed by atoms with Gasteiger partial charge in [-0.25, -0.2) is 0 Å². The van der Waals surface area contributed by atoms with Gasteiger partial charge in [-0.3, -0.25) is 14.4 Å². The van der Waals surface area contributed by atoms with E-state index in [0.717, 1.165) is 19.4 Å². The molecule has 2 aliphatic heterocycles. The monoisotopic (exact) mass is 344 g/mol. The summed E-state index contributed by atoms with van der Waals surface area (Å²) in [6, 6.07) is 2.07. The molecule has 5 nitrogen and oxygen atoms in total. The number of amides is 1. The Kier molecular flexibility index (Phi) is 5.12. The van der Waals surface area contributed by atoms with Crippen LogP contribution in [0.25, 0.3) is 0 Å². The van der Waals surface area contributed by atoms with Gasteiger partial charge in [0.15, 0.2) is 0 Å². The van der Waals surface area contributed by atoms with Crippen LogP contribution >= 0.6 is 0 Å². The Morgan fingerprint density at radius 3 is 2.54 bits per heavy atom. The van der Waals surface area contributed by atoms with Gasteiger partial charge in [-0.15, -0.1) is 0 Å². The molecule has 134 valence electrons. The predicted octanol–water partition coefficient (Wildman–Crippen LogP) is 2.32. The molecule has 24 heavy (non-hydrogen) atoms. The summed E-state index contributed by atoms with van der Waals surface area (Å²) in [5.74, 6) is -0.0515. The molecule has 0 aliphatic carbocycles. The van der Waals surface area contributed by atoms with E-state index in [1.165, 1.54) is 4.90 Å². The molecule has 1 aromatic heterocycles. The second-order valence-electron chi connectivity index (χ2n) is 6.73. The molecule has 8 heteroatoms. The van der Waals surface area contributed by atoms with E-state index in [9.17, 15) is 18.0 Å². The van der Waals surface area contributed by atoms with Gasteiger partial charge in [0.2, 0.25) is 5.91 Å². The highest BCUT2D eigenvalue weighted by molar-refractivity contribution is 5.79. The molecule has 2 aliphatic rings. The smallest absolute Gasteiger partial charge is 0.340 e. The first kappa shape index (κ1) is 17.3. The fourth-order valence-corrected chi connectivity index (χ4v) is 3.72. The van der Waals surface area contributed by atoms with Gasteiger partial charge in [0, 0.05) is 31.4 Å². The van der Waals surface area contributed by atoms with Crippen LogP contribution in [-0.2, 0) is 4.79 Å². The third-order valence-corrected chi connectivity index (χ3v) is 4.95. The zero-order chi connectivity index (χ0) is 17.2. The van der Waals surface area contributed by atoms with Crippen LogP contribution in [0.2, 0.25) is 0 Å². The minimum atomic E-state index is -4.17. The number of piperidine rings is 2. The van der Waals surface area contributed by atoms with Crippen LogP contribution in [0.3, 0.4) is 0 Å². The topological polar surface area (TPSA) is 41.4 Å². The number of hydrogen-bond acceptors (Lipinski definition) is 3. The molecular weight excluding hydrogens is 321 g/mol. The molecule has 1 atom stereocenters. The molecule has 0 unspecified atom stereocenters. The van der Waals surface area contributed by atoms with Crippen molar-refractivity contribution in [3.05, 3.63) is 18.5 Å². The Balaban J connectivity index is 1.52. The summed E-state index contributed by atoms with van der Waals surface area (Å²) in [7, 11) is 0. The van der Waals surface area contributed by atoms with Crippen LogP contribution < -0.4 is 0 Å². The van der Waals surface area contributed by atoms with Gasteiger partial charge < -0.3 is 4.90 Å². The molecule has 0 aromatic carbocycles. The highest BCUT2D eigenvalue weighted by Crippen LogP contribution is 2.27. The molecule has 1 aromatic rings. The number of likely N-dealkylation sites (tertiary alicyclic amines) is 2. The summed E-state index contributed by atoms with van der Waals surface area (Å²) >= 11 is 0. The van der Waals surface area contributed by atoms with Crippen LogP contribution in [0.1, 0.15) is 31.7 Å². The maximum Gasteiger partial charge on any atom is 0.401 e. The van der Waals surface area contributed by atoms with Gasteiger partial charge in [0.05, 0.1) is 12.6 Å². The molecule has 0 saturated carbocycles. The van der Waals surface area contributed by atoms with Gasteiger partial charge in [0.1, 0.15) is 0 Å². The van der Waals surface area contributed by atoms with Crippen molar-refractivity contribution in [3.63, 3.8) is 0 Å². The lowest BCUT2D eigenvalue weighted by molar-refractivity contribution is -0.151. The van der Waals surface area contributed by atoms with Crippen molar-refractivity contribution in [1.82, 2.24) is 19.6 Å². The summed E-state index contributed by atoms with van der Waals surface area (Å²) in [5, 5.41) is 4.26. The Bertz CT molecular complexity index is 538. The van der Waals surface area contributed by atoms with E-state index >= 15 is 0 Å². The Morgan fingerprint density at radius 2 is 1.92 bits per heavy atom. The molecule has 0 bridgehead atoms. The fraction of sp³-hybridized carbons (Fsp3) is 0.750. The Hall–Kier alpha value is -1.57. The SMILES string of the molecule is O=C(C1CCN(CC(F)(F)F)CC1)N1CCC[C@@H](n2cccn2)C1. The number of aromatic nitrogens is 2. The largest absolute Gasteiger partial charge is 0.401 e. The zero-order valence-corrected chi connectivity index (χ0v) is 13.6. The average Bonchev–Trinajstić information content (AvgIpc) is 3.08. The second kappa shape index (κ2) is 7.13. The molecular formula is C16H23F3N4O. The van der Waals surface area contributed by atoms with Crippen molar-refractivity contribution in [2.45, 2.75) is 37.9 Å². The summed E-state index contributed by atoms with van der Waals surface area (Å²) in [4.78, 5) is 16.0. The van der Waals surface area contributed by atoms with Crippen molar-refractivity contribution in [3.8, 4) is 0 Å². The van der Waals surface area contributed by atoms with E-state index in [4.69, 9.17) is 0 Å². The number of carbonyl (C=O) groups excluding carboxylic acids is 1. The number of hydrogen-bond donors (Lipinski definition) is 0. The van der Waals surface area contributed by atoms with Crippen molar-refractivity contribution < 1.29 is 18.0 Å². The van der Waals surface area contributed by atoms with Crippen molar-refractivity contribution in [2.24, 2.45) is 5.92 Å². The maximum absolute atomic E-state index is 12.7. The fourth-order valence-electron chi connectivity index (χ4n) is 3.72. The number of rotatable bonds is 3. The van der Waals surface area contributed by atoms with E-state index < -0.39 is 12.7 Å². The van der Waals surface area contributed by atoms with E-state index in [1.807, 2.05) is 21.8 Å². The lowest BCUT2D eigenvalue weighted by Crippen LogP contribution is -2.47. The van der Waals surface area contributed by atoms with Crippen LogP contribution in [0.15, 0.2) is 18.5 Å². The first-order valence-corrected chi connectivity index (χ1v) is 8.49. The van der Waals surface area contributed by atoms with Gasteiger partial charge >= 0.3 is 6.18 Å². The van der Waals surface area contributed by atoms with Crippen LogP contribution in [-0.4, -0.2) is 64.4 Å². The van der Waals surface area contributed by atoms with Crippen molar-refractivity contribution in [1.29, 1.82) is 0 Å². The van der Waals surface area contributed by atoms with Crippen LogP contribution in [0.4, 0.5) is 13.2 Å². The van der Waals surface area contributed by atoms with E-state index in [-0.39, 0.29) is 17.9 Å². The highest BCUT2D eigenvalue weighted by atomic mass is 19.4. The summed E-state index contributed by atoms with van der Waals surface area (Å²) < 4.78 is 39.2. The van der Waals surface area contributed by atoms with Gasteiger partial charge in [-0.1, -0.05) is 0 Å². The van der Waals surface area contributed by atoms with Gasteiger partial charge in [0.25, 0.3) is 0 Å². The minimum absolute atomic E-state index is 0.0958. The molecule has 2 saturated heterocycles. The van der Waals surface area contributed by atoms with E-state index in [2.05, 4.69) is 5.10 Å². The average molecular weight is 344 g/mol. The number of alkyl halides is 3. The van der Waals surface area contributed by atoms with Crippen molar-refractivity contribution in [2.75, 3.05) is 32.7 Å². The summed E-state index contributed by atoms with van der Waals surface area (Å²) in [5.41, 5.74) is 0. The molecule has 0 N–H and O–H groups in total. The predicted molar refractivity (Wildman–Crippen MR) is 82.3 cm³/mol. The third-order valence-electron chi connectivity index (χ3n) is 4.95. The zero-order valence-electron chi connectivity index (χ0n) is 13.6. The molecule has 1 amide bonds. The molecule has 0 spiro atoms. The lowest BCUT2D eigenvalue weighted by Gasteiger charge is -2.38. The lowest BCUT2D eigenvalue weighted by atomic mass is 9.94. The van der Waals surface area contributed by atoms with Gasteiger partial charge in [-0.2, -0.15) is 18.3 Å². The number of nitrogens with zero attached hydrogens (tertiary/aromatic N) is 4. The Labute approximate surface area is 139 Å². The highest BCUT2D eigenvalue weighted by Gasteiger charge is 2.35.